The molecule has 6 nitrogen and oxygen atoms in total. The van der Waals surface area contributed by atoms with Crippen LogP contribution in [0.5, 0.6) is 0 Å². The van der Waals surface area contributed by atoms with Crippen molar-refractivity contribution < 1.29 is 4.39 Å². The minimum atomic E-state index is -0.214. The topological polar surface area (TPSA) is 62.7 Å². The summed E-state index contributed by atoms with van der Waals surface area (Å²) in [5.41, 5.74) is 9.36. The molecule has 1 aromatic heterocycles. The zero-order valence-electron chi connectivity index (χ0n) is 16.0. The maximum Gasteiger partial charge on any atom is 0.191 e. The van der Waals surface area contributed by atoms with Crippen LogP contribution in [0.15, 0.2) is 72.0 Å². The summed E-state index contributed by atoms with van der Waals surface area (Å²) in [6, 6.07) is 16.6. The van der Waals surface area contributed by atoms with Crippen molar-refractivity contribution in [1.82, 2.24) is 14.7 Å². The molecule has 0 unspecified atom stereocenters. The third kappa shape index (κ3) is 5.06. The van der Waals surface area contributed by atoms with E-state index in [9.17, 15) is 4.39 Å². The molecular weight excluding hydrogens is 482 g/mol. The van der Waals surface area contributed by atoms with E-state index in [1.54, 1.807) is 6.20 Å². The van der Waals surface area contributed by atoms with E-state index in [0.717, 1.165) is 43.1 Å². The summed E-state index contributed by atoms with van der Waals surface area (Å²) in [4.78, 5) is 8.94. The summed E-state index contributed by atoms with van der Waals surface area (Å²) in [6.07, 6.45) is 3.68. The highest BCUT2D eigenvalue weighted by molar-refractivity contribution is 14.0. The highest BCUT2D eigenvalue weighted by atomic mass is 127. The summed E-state index contributed by atoms with van der Waals surface area (Å²) in [5, 5.41) is 4.30. The highest BCUT2D eigenvalue weighted by Crippen LogP contribution is 2.17. The van der Waals surface area contributed by atoms with E-state index in [4.69, 9.17) is 5.73 Å². The minimum absolute atomic E-state index is 0. The van der Waals surface area contributed by atoms with E-state index in [0.29, 0.717) is 12.5 Å². The Morgan fingerprint density at radius 1 is 1.00 bits per heavy atom. The van der Waals surface area contributed by atoms with Crippen molar-refractivity contribution in [2.24, 2.45) is 10.7 Å². The Kier molecular flexibility index (Phi) is 7.08. The van der Waals surface area contributed by atoms with Crippen LogP contribution >= 0.6 is 24.0 Å². The molecule has 0 spiro atoms. The van der Waals surface area contributed by atoms with E-state index in [-0.39, 0.29) is 29.8 Å². The third-order valence-corrected chi connectivity index (χ3v) is 4.95. The number of aliphatic imine (C=N–C) groups is 1. The maximum atomic E-state index is 13.1. The van der Waals surface area contributed by atoms with E-state index < -0.39 is 0 Å². The Labute approximate surface area is 186 Å². The fraction of sp³-hybridized carbons (Fsp3) is 0.238. The molecule has 4 rings (SSSR count). The molecule has 2 N–H and O–H groups in total. The van der Waals surface area contributed by atoms with Crippen LogP contribution in [-0.4, -0.2) is 46.8 Å². The van der Waals surface area contributed by atoms with Gasteiger partial charge >= 0.3 is 0 Å². The predicted molar refractivity (Wildman–Crippen MR) is 124 cm³/mol. The molecule has 1 aliphatic heterocycles. The molecule has 0 radical (unpaired) electrons. The molecular formula is C21H24FIN6. The number of aromatic nitrogens is 2. The van der Waals surface area contributed by atoms with Crippen LogP contribution < -0.4 is 10.6 Å². The van der Waals surface area contributed by atoms with Crippen molar-refractivity contribution in [2.75, 3.05) is 31.1 Å². The second-order valence-corrected chi connectivity index (χ2v) is 6.70. The standard InChI is InChI=1S/C21H23FN6.HI/c22-18-6-8-19(9-7-18)26-12-14-27(15-13-26)21(23)24-16-17-4-1-2-5-20(17)28-11-3-10-25-28;/h1-11H,12-16H2,(H2,23,24);1H. The van der Waals surface area contributed by atoms with Crippen LogP contribution in [0.4, 0.5) is 10.1 Å². The van der Waals surface area contributed by atoms with Crippen molar-refractivity contribution in [3.05, 3.63) is 78.4 Å². The van der Waals surface area contributed by atoms with E-state index >= 15 is 0 Å². The summed E-state index contributed by atoms with van der Waals surface area (Å²) in [6.45, 7) is 3.72. The van der Waals surface area contributed by atoms with Crippen LogP contribution in [0.2, 0.25) is 0 Å². The molecule has 152 valence electrons. The smallest absolute Gasteiger partial charge is 0.191 e. The fourth-order valence-electron chi connectivity index (χ4n) is 3.39. The van der Waals surface area contributed by atoms with Crippen LogP contribution in [0, 0.1) is 5.82 Å². The molecule has 0 aliphatic carbocycles. The first kappa shape index (κ1) is 21.1. The molecule has 0 saturated carbocycles. The van der Waals surface area contributed by atoms with Crippen LogP contribution in [0.25, 0.3) is 5.69 Å². The van der Waals surface area contributed by atoms with Crippen molar-refractivity contribution in [1.29, 1.82) is 0 Å². The second kappa shape index (κ2) is 9.73. The molecule has 0 atom stereocenters. The van der Waals surface area contributed by atoms with Gasteiger partial charge in [0.15, 0.2) is 5.96 Å². The van der Waals surface area contributed by atoms with Gasteiger partial charge in [0, 0.05) is 44.3 Å². The first-order valence-corrected chi connectivity index (χ1v) is 9.34. The number of hydrogen-bond donors (Lipinski definition) is 1. The zero-order valence-corrected chi connectivity index (χ0v) is 18.3. The van der Waals surface area contributed by atoms with E-state index in [1.807, 2.05) is 53.3 Å². The molecule has 29 heavy (non-hydrogen) atoms. The number of rotatable bonds is 4. The molecule has 2 heterocycles. The van der Waals surface area contributed by atoms with Gasteiger partial charge in [-0.05, 0) is 42.0 Å². The molecule has 0 bridgehead atoms. The van der Waals surface area contributed by atoms with Crippen molar-refractivity contribution >= 4 is 35.6 Å². The average Bonchev–Trinajstić information content (AvgIpc) is 3.28. The zero-order chi connectivity index (χ0) is 19.3. The number of benzene rings is 2. The lowest BCUT2D eigenvalue weighted by molar-refractivity contribution is 0.380. The van der Waals surface area contributed by atoms with Crippen LogP contribution in [-0.2, 0) is 6.54 Å². The van der Waals surface area contributed by atoms with Gasteiger partial charge in [-0.1, -0.05) is 18.2 Å². The van der Waals surface area contributed by atoms with Gasteiger partial charge in [-0.25, -0.2) is 14.1 Å². The molecule has 2 aromatic carbocycles. The van der Waals surface area contributed by atoms with E-state index in [1.165, 1.54) is 12.1 Å². The molecule has 1 fully saturated rings. The van der Waals surface area contributed by atoms with Gasteiger partial charge < -0.3 is 15.5 Å². The first-order valence-electron chi connectivity index (χ1n) is 9.34. The largest absolute Gasteiger partial charge is 0.370 e. The SMILES string of the molecule is I.NC(=NCc1ccccc1-n1cccn1)N1CCN(c2ccc(F)cc2)CC1. The molecule has 1 saturated heterocycles. The normalized spacial score (nSPS) is 14.6. The second-order valence-electron chi connectivity index (χ2n) is 6.70. The Morgan fingerprint density at radius 3 is 2.41 bits per heavy atom. The lowest BCUT2D eigenvalue weighted by atomic mass is 10.2. The maximum absolute atomic E-state index is 13.1. The molecule has 0 amide bonds. The summed E-state index contributed by atoms with van der Waals surface area (Å²) in [7, 11) is 0. The average molecular weight is 506 g/mol. The van der Waals surface area contributed by atoms with Gasteiger partial charge in [0.05, 0.1) is 12.2 Å². The fourth-order valence-corrected chi connectivity index (χ4v) is 3.39. The lowest BCUT2D eigenvalue weighted by Gasteiger charge is -2.36. The lowest BCUT2D eigenvalue weighted by Crippen LogP contribution is -2.51. The van der Waals surface area contributed by atoms with Crippen LogP contribution in [0.1, 0.15) is 5.56 Å². The Hall–Kier alpha value is -2.62. The monoisotopic (exact) mass is 506 g/mol. The number of nitrogens with zero attached hydrogens (tertiary/aromatic N) is 5. The number of guanidine groups is 1. The number of nitrogens with two attached hydrogens (primary N) is 1. The van der Waals surface area contributed by atoms with Gasteiger partial charge in [0.2, 0.25) is 0 Å². The molecule has 1 aliphatic rings. The van der Waals surface area contributed by atoms with Crippen molar-refractivity contribution in [3.8, 4) is 5.69 Å². The minimum Gasteiger partial charge on any atom is -0.370 e. The van der Waals surface area contributed by atoms with Gasteiger partial charge in [-0.3, -0.25) is 0 Å². The summed E-state index contributed by atoms with van der Waals surface area (Å²) >= 11 is 0. The quantitative estimate of drug-likeness (QED) is 0.335. The number of anilines is 1. The van der Waals surface area contributed by atoms with E-state index in [2.05, 4.69) is 19.9 Å². The van der Waals surface area contributed by atoms with Gasteiger partial charge in [-0.15, -0.1) is 24.0 Å². The van der Waals surface area contributed by atoms with Gasteiger partial charge in [0.25, 0.3) is 0 Å². The van der Waals surface area contributed by atoms with Crippen molar-refractivity contribution in [3.63, 3.8) is 0 Å². The molecule has 8 heteroatoms. The Morgan fingerprint density at radius 2 is 1.72 bits per heavy atom. The third-order valence-electron chi connectivity index (χ3n) is 4.95. The van der Waals surface area contributed by atoms with Crippen molar-refractivity contribution in [2.45, 2.75) is 6.54 Å². The Balaban J connectivity index is 0.00000240. The number of hydrogen-bond acceptors (Lipinski definition) is 3. The number of halogens is 2. The van der Waals surface area contributed by atoms with Crippen LogP contribution in [0.3, 0.4) is 0 Å². The highest BCUT2D eigenvalue weighted by Gasteiger charge is 2.18. The van der Waals surface area contributed by atoms with Gasteiger partial charge in [0.1, 0.15) is 5.82 Å². The summed E-state index contributed by atoms with van der Waals surface area (Å²) in [5.74, 6) is 0.336. The van der Waals surface area contributed by atoms with Gasteiger partial charge in [-0.2, -0.15) is 5.10 Å². The summed E-state index contributed by atoms with van der Waals surface area (Å²) < 4.78 is 14.9. The number of para-hydroxylation sites is 1. The predicted octanol–water partition coefficient (Wildman–Crippen LogP) is 3.27. The first-order chi connectivity index (χ1) is 13.7. The Bertz CT molecular complexity index is 934. The number of piperazine rings is 1. The molecule has 3 aromatic rings.